The molecule has 1 atom stereocenters. The Morgan fingerprint density at radius 2 is 1.90 bits per heavy atom. The Bertz CT molecular complexity index is 424. The van der Waals surface area contributed by atoms with Crippen LogP contribution in [-0.4, -0.2) is 44.1 Å². The number of nitrogens with zero attached hydrogens (tertiary/aromatic N) is 2. The molecule has 1 heterocycles. The van der Waals surface area contributed by atoms with Gasteiger partial charge in [-0.2, -0.15) is 0 Å². The fourth-order valence-corrected chi connectivity index (χ4v) is 2.74. The van der Waals surface area contributed by atoms with E-state index < -0.39 is 0 Å². The molecule has 0 amide bonds. The highest BCUT2D eigenvalue weighted by molar-refractivity contribution is 5.79. The van der Waals surface area contributed by atoms with Crippen LogP contribution in [0.1, 0.15) is 25.3 Å². The molecule has 1 aromatic carbocycles. The predicted molar refractivity (Wildman–Crippen MR) is 89.5 cm³/mol. The number of guanidine groups is 1. The summed E-state index contributed by atoms with van der Waals surface area (Å²) >= 11 is 0. The van der Waals surface area contributed by atoms with Gasteiger partial charge in [-0.05, 0) is 37.4 Å². The second kappa shape index (κ2) is 8.67. The number of hydrogen-bond donors (Lipinski definition) is 2. The van der Waals surface area contributed by atoms with E-state index in [4.69, 9.17) is 0 Å². The van der Waals surface area contributed by atoms with Crippen molar-refractivity contribution in [1.82, 2.24) is 15.5 Å². The van der Waals surface area contributed by atoms with Gasteiger partial charge >= 0.3 is 0 Å². The van der Waals surface area contributed by atoms with Crippen molar-refractivity contribution in [1.29, 1.82) is 0 Å². The van der Waals surface area contributed by atoms with Crippen molar-refractivity contribution < 1.29 is 0 Å². The van der Waals surface area contributed by atoms with Crippen LogP contribution in [0.5, 0.6) is 0 Å². The summed E-state index contributed by atoms with van der Waals surface area (Å²) in [6.07, 6.45) is 2.72. The van der Waals surface area contributed by atoms with E-state index in [-0.39, 0.29) is 0 Å². The minimum Gasteiger partial charge on any atom is -0.356 e. The summed E-state index contributed by atoms with van der Waals surface area (Å²) < 4.78 is 0. The number of nitrogens with one attached hydrogen (secondary N) is 2. The van der Waals surface area contributed by atoms with Gasteiger partial charge in [0.05, 0.1) is 0 Å². The summed E-state index contributed by atoms with van der Waals surface area (Å²) in [4.78, 5) is 6.85. The third kappa shape index (κ3) is 5.76. The molecule has 2 N–H and O–H groups in total. The Balaban J connectivity index is 1.67. The third-order valence-corrected chi connectivity index (χ3v) is 3.91. The lowest BCUT2D eigenvalue weighted by molar-refractivity contribution is 0.287. The van der Waals surface area contributed by atoms with Gasteiger partial charge in [-0.15, -0.1) is 0 Å². The zero-order valence-corrected chi connectivity index (χ0v) is 13.3. The van der Waals surface area contributed by atoms with Gasteiger partial charge in [-0.1, -0.05) is 37.3 Å². The Labute approximate surface area is 128 Å². The third-order valence-electron chi connectivity index (χ3n) is 3.91. The highest BCUT2D eigenvalue weighted by atomic mass is 15.2. The Morgan fingerprint density at radius 1 is 1.19 bits per heavy atom. The van der Waals surface area contributed by atoms with E-state index in [0.717, 1.165) is 19.0 Å². The summed E-state index contributed by atoms with van der Waals surface area (Å²) in [5.74, 6) is 1.52. The molecule has 1 unspecified atom stereocenters. The normalized spacial score (nSPS) is 17.7. The fourth-order valence-electron chi connectivity index (χ4n) is 2.74. The lowest BCUT2D eigenvalue weighted by Gasteiger charge is -2.21. The van der Waals surface area contributed by atoms with Crippen molar-refractivity contribution in [3.05, 3.63) is 35.9 Å². The monoisotopic (exact) mass is 288 g/mol. The molecule has 1 aromatic rings. The molecule has 1 fully saturated rings. The first-order chi connectivity index (χ1) is 10.3. The molecule has 21 heavy (non-hydrogen) atoms. The SMILES string of the molecule is CN=C(NCc1ccccc1)NCC(C)CN1CCCC1. The minimum absolute atomic E-state index is 0.637. The van der Waals surface area contributed by atoms with Crippen molar-refractivity contribution >= 4 is 5.96 Å². The standard InChI is InChI=1S/C17H28N4/c1-15(14-21-10-6-7-11-21)12-19-17(18-2)20-13-16-8-4-3-5-9-16/h3-5,8-9,15H,6-7,10-14H2,1-2H3,(H2,18,19,20). The van der Waals surface area contributed by atoms with Crippen molar-refractivity contribution in [2.45, 2.75) is 26.3 Å². The van der Waals surface area contributed by atoms with E-state index in [2.05, 4.69) is 51.7 Å². The van der Waals surface area contributed by atoms with E-state index in [0.29, 0.717) is 5.92 Å². The highest BCUT2D eigenvalue weighted by Gasteiger charge is 2.14. The average molecular weight is 288 g/mol. The molecule has 0 aliphatic carbocycles. The first-order valence-electron chi connectivity index (χ1n) is 7.98. The van der Waals surface area contributed by atoms with Crippen LogP contribution >= 0.6 is 0 Å². The van der Waals surface area contributed by atoms with Gasteiger partial charge in [-0.25, -0.2) is 0 Å². The van der Waals surface area contributed by atoms with E-state index in [1.807, 2.05) is 13.1 Å². The molecular weight excluding hydrogens is 260 g/mol. The summed E-state index contributed by atoms with van der Waals surface area (Å²) in [5, 5.41) is 6.79. The van der Waals surface area contributed by atoms with E-state index in [1.165, 1.54) is 38.0 Å². The maximum absolute atomic E-state index is 4.29. The van der Waals surface area contributed by atoms with Crippen LogP contribution < -0.4 is 10.6 Å². The number of likely N-dealkylation sites (tertiary alicyclic amines) is 1. The molecule has 0 aromatic heterocycles. The van der Waals surface area contributed by atoms with Gasteiger partial charge in [0.1, 0.15) is 0 Å². The minimum atomic E-state index is 0.637. The predicted octanol–water partition coefficient (Wildman–Crippen LogP) is 2.08. The molecule has 0 radical (unpaired) electrons. The van der Waals surface area contributed by atoms with Crippen LogP contribution in [-0.2, 0) is 6.54 Å². The Kier molecular flexibility index (Phi) is 6.54. The zero-order chi connectivity index (χ0) is 14.9. The Hall–Kier alpha value is -1.55. The molecule has 116 valence electrons. The number of rotatable bonds is 6. The summed E-state index contributed by atoms with van der Waals surface area (Å²) in [6.45, 7) is 7.79. The molecule has 1 aliphatic rings. The molecule has 4 nitrogen and oxygen atoms in total. The van der Waals surface area contributed by atoms with Crippen LogP contribution in [0.25, 0.3) is 0 Å². The molecular formula is C17H28N4. The maximum Gasteiger partial charge on any atom is 0.191 e. The lowest BCUT2D eigenvalue weighted by atomic mass is 10.1. The van der Waals surface area contributed by atoms with Gasteiger partial charge in [0.15, 0.2) is 5.96 Å². The van der Waals surface area contributed by atoms with Crippen LogP contribution in [0.3, 0.4) is 0 Å². The van der Waals surface area contributed by atoms with E-state index in [1.54, 1.807) is 0 Å². The van der Waals surface area contributed by atoms with E-state index >= 15 is 0 Å². The highest BCUT2D eigenvalue weighted by Crippen LogP contribution is 2.09. The molecule has 2 rings (SSSR count). The van der Waals surface area contributed by atoms with Crippen LogP contribution in [0.4, 0.5) is 0 Å². The number of hydrogen-bond acceptors (Lipinski definition) is 2. The lowest BCUT2D eigenvalue weighted by Crippen LogP contribution is -2.41. The van der Waals surface area contributed by atoms with Gasteiger partial charge in [-0.3, -0.25) is 4.99 Å². The molecule has 1 aliphatic heterocycles. The van der Waals surface area contributed by atoms with Crippen molar-refractivity contribution in [2.24, 2.45) is 10.9 Å². The first-order valence-corrected chi connectivity index (χ1v) is 7.98. The van der Waals surface area contributed by atoms with Crippen LogP contribution in [0, 0.1) is 5.92 Å². The van der Waals surface area contributed by atoms with Gasteiger partial charge in [0.25, 0.3) is 0 Å². The molecule has 0 bridgehead atoms. The topological polar surface area (TPSA) is 39.7 Å². The maximum atomic E-state index is 4.29. The van der Waals surface area contributed by atoms with Crippen LogP contribution in [0.2, 0.25) is 0 Å². The molecule has 0 saturated carbocycles. The number of benzene rings is 1. The van der Waals surface area contributed by atoms with Gasteiger partial charge in [0.2, 0.25) is 0 Å². The fraction of sp³-hybridized carbons (Fsp3) is 0.588. The second-order valence-electron chi connectivity index (χ2n) is 5.91. The zero-order valence-electron chi connectivity index (χ0n) is 13.3. The number of aliphatic imine (C=N–C) groups is 1. The average Bonchev–Trinajstić information content (AvgIpc) is 3.01. The van der Waals surface area contributed by atoms with Gasteiger partial charge in [0, 0.05) is 26.7 Å². The summed E-state index contributed by atoms with van der Waals surface area (Å²) in [5.41, 5.74) is 1.27. The van der Waals surface area contributed by atoms with Crippen molar-refractivity contribution in [3.63, 3.8) is 0 Å². The molecule has 1 saturated heterocycles. The van der Waals surface area contributed by atoms with Crippen molar-refractivity contribution in [2.75, 3.05) is 33.2 Å². The summed E-state index contributed by atoms with van der Waals surface area (Å²) in [6, 6.07) is 10.4. The summed E-state index contributed by atoms with van der Waals surface area (Å²) in [7, 11) is 1.82. The second-order valence-corrected chi connectivity index (χ2v) is 5.91. The Morgan fingerprint density at radius 3 is 2.57 bits per heavy atom. The smallest absolute Gasteiger partial charge is 0.191 e. The largest absolute Gasteiger partial charge is 0.356 e. The van der Waals surface area contributed by atoms with Crippen molar-refractivity contribution in [3.8, 4) is 0 Å². The molecule has 0 spiro atoms. The quantitative estimate of drug-likeness (QED) is 0.622. The molecule has 4 heteroatoms. The first kappa shape index (κ1) is 15.8. The van der Waals surface area contributed by atoms with Gasteiger partial charge < -0.3 is 15.5 Å². The van der Waals surface area contributed by atoms with Crippen LogP contribution in [0.15, 0.2) is 35.3 Å². The van der Waals surface area contributed by atoms with E-state index in [9.17, 15) is 0 Å².